The third-order valence-corrected chi connectivity index (χ3v) is 3.60. The fourth-order valence-electron chi connectivity index (χ4n) is 2.49. The summed E-state index contributed by atoms with van der Waals surface area (Å²) in [6, 6.07) is 0. The summed E-state index contributed by atoms with van der Waals surface area (Å²) in [4.78, 5) is 27.0. The number of hydrogen-bond acceptors (Lipinski definition) is 5. The standard InChI is InChI=1S/C15H21N7O/c1-8-11(19-9(2)18-8)7-16-14-20-12-10(13(23)21-14)6-17-22(12)15(3,4)5/h6H,7H2,1-5H3,(H,18,19)(H2,16,20,21,23). The second kappa shape index (κ2) is 5.22. The summed E-state index contributed by atoms with van der Waals surface area (Å²) >= 11 is 0. The smallest absolute Gasteiger partial charge is 0.263 e. The van der Waals surface area contributed by atoms with E-state index in [1.54, 1.807) is 10.9 Å². The largest absolute Gasteiger partial charge is 0.350 e. The van der Waals surface area contributed by atoms with Crippen LogP contribution in [0.15, 0.2) is 11.0 Å². The number of H-pyrrole nitrogens is 2. The number of aromatic amines is 2. The quantitative estimate of drug-likeness (QED) is 0.684. The van der Waals surface area contributed by atoms with Gasteiger partial charge in [-0.2, -0.15) is 10.1 Å². The van der Waals surface area contributed by atoms with E-state index in [2.05, 4.69) is 30.4 Å². The summed E-state index contributed by atoms with van der Waals surface area (Å²) in [5, 5.41) is 7.90. The summed E-state index contributed by atoms with van der Waals surface area (Å²) in [5.41, 5.74) is 2.00. The van der Waals surface area contributed by atoms with Gasteiger partial charge in [-0.05, 0) is 34.6 Å². The first-order chi connectivity index (χ1) is 10.8. The highest BCUT2D eigenvalue weighted by molar-refractivity contribution is 5.74. The number of rotatable bonds is 3. The monoisotopic (exact) mass is 315 g/mol. The van der Waals surface area contributed by atoms with Crippen LogP contribution >= 0.6 is 0 Å². The zero-order valence-electron chi connectivity index (χ0n) is 14.0. The van der Waals surface area contributed by atoms with Crippen LogP contribution in [0.1, 0.15) is 38.0 Å². The minimum atomic E-state index is -0.254. The molecule has 3 N–H and O–H groups in total. The van der Waals surface area contributed by atoms with Crippen molar-refractivity contribution < 1.29 is 0 Å². The number of nitrogens with one attached hydrogen (secondary N) is 3. The van der Waals surface area contributed by atoms with Gasteiger partial charge in [-0.15, -0.1) is 0 Å². The van der Waals surface area contributed by atoms with Crippen molar-refractivity contribution in [2.45, 2.75) is 46.7 Å². The molecule has 8 nitrogen and oxygen atoms in total. The van der Waals surface area contributed by atoms with Gasteiger partial charge in [0.25, 0.3) is 5.56 Å². The van der Waals surface area contributed by atoms with E-state index >= 15 is 0 Å². The molecule has 0 unspecified atom stereocenters. The fourth-order valence-corrected chi connectivity index (χ4v) is 2.49. The maximum atomic E-state index is 12.2. The average molecular weight is 315 g/mol. The second-order valence-corrected chi connectivity index (χ2v) is 6.63. The van der Waals surface area contributed by atoms with E-state index in [0.29, 0.717) is 23.5 Å². The first kappa shape index (κ1) is 15.3. The maximum absolute atomic E-state index is 12.2. The summed E-state index contributed by atoms with van der Waals surface area (Å²) in [7, 11) is 0. The van der Waals surface area contributed by atoms with Gasteiger partial charge >= 0.3 is 0 Å². The molecule has 23 heavy (non-hydrogen) atoms. The van der Waals surface area contributed by atoms with Crippen molar-refractivity contribution >= 4 is 17.0 Å². The fraction of sp³-hybridized carbons (Fsp3) is 0.467. The highest BCUT2D eigenvalue weighted by atomic mass is 16.1. The van der Waals surface area contributed by atoms with Gasteiger partial charge in [-0.1, -0.05) is 0 Å². The number of aryl methyl sites for hydroxylation is 2. The molecule has 0 atom stereocenters. The van der Waals surface area contributed by atoms with Crippen LogP contribution < -0.4 is 10.9 Å². The normalized spacial score (nSPS) is 12.0. The molecule has 3 aromatic rings. The van der Waals surface area contributed by atoms with Gasteiger partial charge in [-0.3, -0.25) is 9.78 Å². The topological polar surface area (TPSA) is 104 Å². The third-order valence-electron chi connectivity index (χ3n) is 3.60. The van der Waals surface area contributed by atoms with Crippen LogP contribution in [0.4, 0.5) is 5.95 Å². The highest BCUT2D eigenvalue weighted by Gasteiger charge is 2.19. The van der Waals surface area contributed by atoms with Crippen LogP contribution in [0, 0.1) is 13.8 Å². The predicted octanol–water partition coefficient (Wildman–Crippen LogP) is 1.83. The van der Waals surface area contributed by atoms with Crippen molar-refractivity contribution in [2.24, 2.45) is 0 Å². The van der Waals surface area contributed by atoms with Gasteiger partial charge in [0.15, 0.2) is 5.65 Å². The molecule has 3 heterocycles. The molecule has 3 aromatic heterocycles. The Kier molecular flexibility index (Phi) is 3.46. The molecule has 0 aliphatic carbocycles. The molecule has 0 aliphatic heterocycles. The maximum Gasteiger partial charge on any atom is 0.263 e. The minimum Gasteiger partial charge on any atom is -0.350 e. The molecule has 0 bridgehead atoms. The van der Waals surface area contributed by atoms with Gasteiger partial charge in [0.05, 0.1) is 24.0 Å². The van der Waals surface area contributed by atoms with Crippen LogP contribution in [0.2, 0.25) is 0 Å². The van der Waals surface area contributed by atoms with Gasteiger partial charge < -0.3 is 10.3 Å². The number of hydrogen-bond donors (Lipinski definition) is 3. The minimum absolute atomic E-state index is 0.206. The van der Waals surface area contributed by atoms with Crippen molar-refractivity contribution in [1.82, 2.24) is 29.7 Å². The van der Waals surface area contributed by atoms with Crippen molar-refractivity contribution in [3.63, 3.8) is 0 Å². The molecule has 122 valence electrons. The molecule has 8 heteroatoms. The SMILES string of the molecule is Cc1nc(CNc2nc3c(cnn3C(C)(C)C)c(=O)[nH]2)c(C)[nH]1. The summed E-state index contributed by atoms with van der Waals surface area (Å²) < 4.78 is 1.76. The number of imidazole rings is 1. The number of aromatic nitrogens is 6. The van der Waals surface area contributed by atoms with Crippen LogP contribution in [-0.2, 0) is 12.1 Å². The lowest BCUT2D eigenvalue weighted by atomic mass is 10.1. The Morgan fingerprint density at radius 1 is 1.22 bits per heavy atom. The Hall–Kier alpha value is -2.64. The van der Waals surface area contributed by atoms with Crippen molar-refractivity contribution in [3.05, 3.63) is 33.8 Å². The van der Waals surface area contributed by atoms with E-state index in [-0.39, 0.29) is 11.1 Å². The lowest BCUT2D eigenvalue weighted by molar-refractivity contribution is 0.366. The van der Waals surface area contributed by atoms with E-state index in [9.17, 15) is 4.79 Å². The molecule has 0 saturated heterocycles. The van der Waals surface area contributed by atoms with Gasteiger partial charge in [0.2, 0.25) is 5.95 Å². The van der Waals surface area contributed by atoms with Gasteiger partial charge in [-0.25, -0.2) is 9.67 Å². The van der Waals surface area contributed by atoms with Gasteiger partial charge in [0, 0.05) is 5.69 Å². The molecule has 0 fully saturated rings. The van der Waals surface area contributed by atoms with Crippen LogP contribution in [0.5, 0.6) is 0 Å². The third kappa shape index (κ3) is 2.84. The number of anilines is 1. The first-order valence-electron chi connectivity index (χ1n) is 7.50. The Morgan fingerprint density at radius 2 is 1.96 bits per heavy atom. The van der Waals surface area contributed by atoms with Crippen LogP contribution in [-0.4, -0.2) is 29.7 Å². The lowest BCUT2D eigenvalue weighted by Gasteiger charge is -2.19. The van der Waals surface area contributed by atoms with E-state index in [1.165, 1.54) is 0 Å². The Bertz CT molecular complexity index is 910. The molecule has 0 aromatic carbocycles. The zero-order chi connectivity index (χ0) is 16.8. The molecular formula is C15H21N7O. The highest BCUT2D eigenvalue weighted by Crippen LogP contribution is 2.18. The first-order valence-corrected chi connectivity index (χ1v) is 7.50. The summed E-state index contributed by atoms with van der Waals surface area (Å²) in [6.07, 6.45) is 1.55. The van der Waals surface area contributed by atoms with Gasteiger partial charge in [0.1, 0.15) is 11.2 Å². The Balaban J connectivity index is 1.95. The second-order valence-electron chi connectivity index (χ2n) is 6.63. The molecule has 0 saturated carbocycles. The molecular weight excluding hydrogens is 294 g/mol. The summed E-state index contributed by atoms with van der Waals surface area (Å²) in [5.74, 6) is 1.27. The van der Waals surface area contributed by atoms with Crippen molar-refractivity contribution in [3.8, 4) is 0 Å². The van der Waals surface area contributed by atoms with Crippen LogP contribution in [0.25, 0.3) is 11.0 Å². The van der Waals surface area contributed by atoms with E-state index in [0.717, 1.165) is 17.2 Å². The summed E-state index contributed by atoms with van der Waals surface area (Å²) in [6.45, 7) is 10.4. The van der Waals surface area contributed by atoms with E-state index < -0.39 is 0 Å². The number of fused-ring (bicyclic) bond motifs is 1. The zero-order valence-corrected chi connectivity index (χ0v) is 14.0. The number of nitrogens with zero attached hydrogens (tertiary/aromatic N) is 4. The molecule has 0 spiro atoms. The van der Waals surface area contributed by atoms with E-state index in [4.69, 9.17) is 0 Å². The lowest BCUT2D eigenvalue weighted by Crippen LogP contribution is -2.24. The average Bonchev–Trinajstić information content (AvgIpc) is 2.99. The molecule has 0 radical (unpaired) electrons. The Morgan fingerprint density at radius 3 is 2.57 bits per heavy atom. The Labute approximate surface area is 133 Å². The molecule has 0 amide bonds. The molecule has 3 rings (SSSR count). The molecule has 0 aliphatic rings. The van der Waals surface area contributed by atoms with Crippen molar-refractivity contribution in [1.29, 1.82) is 0 Å². The van der Waals surface area contributed by atoms with Crippen molar-refractivity contribution in [2.75, 3.05) is 5.32 Å². The van der Waals surface area contributed by atoms with Crippen LogP contribution in [0.3, 0.4) is 0 Å². The predicted molar refractivity (Wildman–Crippen MR) is 88.5 cm³/mol. The van der Waals surface area contributed by atoms with E-state index in [1.807, 2.05) is 34.6 Å².